The second-order valence-electron chi connectivity index (χ2n) is 5.45. The van der Waals surface area contributed by atoms with Crippen molar-refractivity contribution in [2.75, 3.05) is 7.05 Å². The maximum atomic E-state index is 12.6. The molecule has 1 aliphatic rings. The van der Waals surface area contributed by atoms with Gasteiger partial charge in [0.2, 0.25) is 5.91 Å². The van der Waals surface area contributed by atoms with Crippen molar-refractivity contribution in [3.8, 4) is 0 Å². The van der Waals surface area contributed by atoms with Crippen molar-refractivity contribution in [1.82, 2.24) is 4.90 Å². The van der Waals surface area contributed by atoms with Gasteiger partial charge in [-0.15, -0.1) is 0 Å². The molecule has 1 aromatic rings. The van der Waals surface area contributed by atoms with Crippen LogP contribution in [-0.2, 0) is 4.79 Å². The van der Waals surface area contributed by atoms with E-state index in [2.05, 4.69) is 15.9 Å². The largest absolute Gasteiger partial charge is 0.341 e. The fourth-order valence-electron chi connectivity index (χ4n) is 2.86. The quantitative estimate of drug-likeness (QED) is 0.771. The van der Waals surface area contributed by atoms with E-state index in [1.165, 1.54) is 19.3 Å². The van der Waals surface area contributed by atoms with Gasteiger partial charge in [0, 0.05) is 17.9 Å². The highest BCUT2D eigenvalue weighted by molar-refractivity contribution is 9.09. The minimum atomic E-state index is -0.0622. The van der Waals surface area contributed by atoms with E-state index in [1.807, 2.05) is 49.2 Å². The van der Waals surface area contributed by atoms with Gasteiger partial charge in [-0.05, 0) is 25.3 Å². The molecule has 0 heterocycles. The topological polar surface area (TPSA) is 20.3 Å². The number of alkyl halides is 1. The van der Waals surface area contributed by atoms with E-state index in [0.29, 0.717) is 10.9 Å². The second-order valence-corrected chi connectivity index (χ2v) is 6.63. The summed E-state index contributed by atoms with van der Waals surface area (Å²) in [6.07, 6.45) is 4.77. The first-order chi connectivity index (χ1) is 9.11. The minimum absolute atomic E-state index is 0.0622. The summed E-state index contributed by atoms with van der Waals surface area (Å²) in [6.45, 7) is 2.00. The second kappa shape index (κ2) is 6.56. The van der Waals surface area contributed by atoms with Crippen molar-refractivity contribution in [2.24, 2.45) is 0 Å². The summed E-state index contributed by atoms with van der Waals surface area (Å²) in [7, 11) is 1.95. The van der Waals surface area contributed by atoms with E-state index in [4.69, 9.17) is 0 Å². The van der Waals surface area contributed by atoms with Gasteiger partial charge in [0.15, 0.2) is 0 Å². The average Bonchev–Trinajstić information content (AvgIpc) is 2.46. The number of hydrogen-bond donors (Lipinski definition) is 0. The lowest BCUT2D eigenvalue weighted by molar-refractivity contribution is -0.133. The van der Waals surface area contributed by atoms with Crippen molar-refractivity contribution in [1.29, 1.82) is 0 Å². The molecule has 3 heteroatoms. The normalized spacial score (nSPS) is 24.8. The molecule has 0 bridgehead atoms. The van der Waals surface area contributed by atoms with Crippen LogP contribution in [0.2, 0.25) is 0 Å². The number of carbonyl (C=O) groups excluding carboxylic acids is 1. The summed E-state index contributed by atoms with van der Waals surface area (Å²) in [5.41, 5.74) is 1.10. The van der Waals surface area contributed by atoms with Gasteiger partial charge in [0.05, 0.1) is 5.92 Å². The third-order valence-corrected chi connectivity index (χ3v) is 5.23. The molecular formula is C16H22BrNO. The van der Waals surface area contributed by atoms with Gasteiger partial charge in [-0.1, -0.05) is 59.1 Å². The highest BCUT2D eigenvalue weighted by Crippen LogP contribution is 2.29. The number of rotatable bonds is 3. The molecule has 1 saturated carbocycles. The van der Waals surface area contributed by atoms with Crippen LogP contribution in [-0.4, -0.2) is 28.7 Å². The third kappa shape index (κ3) is 3.38. The SMILES string of the molecule is CC(C(=O)N(C)C1CCCCC1Br)c1ccccc1. The van der Waals surface area contributed by atoms with Crippen LogP contribution < -0.4 is 0 Å². The number of hydrogen-bond acceptors (Lipinski definition) is 1. The smallest absolute Gasteiger partial charge is 0.229 e. The summed E-state index contributed by atoms with van der Waals surface area (Å²) in [6, 6.07) is 10.4. The van der Waals surface area contributed by atoms with Gasteiger partial charge in [-0.2, -0.15) is 0 Å². The van der Waals surface area contributed by atoms with Gasteiger partial charge in [-0.25, -0.2) is 0 Å². The average molecular weight is 324 g/mol. The van der Waals surface area contributed by atoms with E-state index in [-0.39, 0.29) is 11.8 Å². The van der Waals surface area contributed by atoms with E-state index in [9.17, 15) is 4.79 Å². The molecule has 0 aromatic heterocycles. The number of amides is 1. The monoisotopic (exact) mass is 323 g/mol. The summed E-state index contributed by atoms with van der Waals surface area (Å²) in [5, 5.41) is 0. The Morgan fingerprint density at radius 1 is 1.26 bits per heavy atom. The minimum Gasteiger partial charge on any atom is -0.341 e. The van der Waals surface area contributed by atoms with Crippen molar-refractivity contribution in [3.63, 3.8) is 0 Å². The Bertz CT molecular complexity index is 420. The standard InChI is InChI=1S/C16H22BrNO/c1-12(13-8-4-3-5-9-13)16(19)18(2)15-11-7-6-10-14(15)17/h3-5,8-9,12,14-15H,6-7,10-11H2,1-2H3. The Morgan fingerprint density at radius 2 is 1.89 bits per heavy atom. The lowest BCUT2D eigenvalue weighted by Crippen LogP contribution is -2.45. The fraction of sp³-hybridized carbons (Fsp3) is 0.562. The Kier molecular flexibility index (Phi) is 5.03. The molecule has 1 aromatic carbocycles. The van der Waals surface area contributed by atoms with Crippen molar-refractivity contribution >= 4 is 21.8 Å². The van der Waals surface area contributed by atoms with Crippen LogP contribution >= 0.6 is 15.9 Å². The molecule has 0 saturated heterocycles. The molecule has 1 amide bonds. The van der Waals surface area contributed by atoms with Crippen molar-refractivity contribution < 1.29 is 4.79 Å². The van der Waals surface area contributed by atoms with Crippen LogP contribution in [0, 0.1) is 0 Å². The number of benzene rings is 1. The van der Waals surface area contributed by atoms with Crippen LogP contribution in [0.25, 0.3) is 0 Å². The third-order valence-electron chi connectivity index (χ3n) is 4.16. The van der Waals surface area contributed by atoms with Crippen LogP contribution in [0.1, 0.15) is 44.1 Å². The zero-order valence-electron chi connectivity index (χ0n) is 11.7. The molecule has 3 atom stereocenters. The van der Waals surface area contributed by atoms with Crippen LogP contribution in [0.4, 0.5) is 0 Å². The molecule has 1 aliphatic carbocycles. The Hall–Kier alpha value is -0.830. The lowest BCUT2D eigenvalue weighted by atomic mass is 9.92. The number of carbonyl (C=O) groups is 1. The number of likely N-dealkylation sites (N-methyl/N-ethyl adjacent to an activating group) is 1. The Morgan fingerprint density at radius 3 is 2.53 bits per heavy atom. The zero-order valence-corrected chi connectivity index (χ0v) is 13.3. The number of halogens is 1. The van der Waals surface area contributed by atoms with E-state index >= 15 is 0 Å². The van der Waals surface area contributed by atoms with E-state index < -0.39 is 0 Å². The molecular weight excluding hydrogens is 302 g/mol. The zero-order chi connectivity index (χ0) is 13.8. The molecule has 104 valence electrons. The maximum absolute atomic E-state index is 12.6. The molecule has 2 nitrogen and oxygen atoms in total. The van der Waals surface area contributed by atoms with Crippen molar-refractivity contribution in [2.45, 2.75) is 49.4 Å². The van der Waals surface area contributed by atoms with Crippen LogP contribution in [0.3, 0.4) is 0 Å². The van der Waals surface area contributed by atoms with Crippen molar-refractivity contribution in [3.05, 3.63) is 35.9 Å². The highest BCUT2D eigenvalue weighted by atomic mass is 79.9. The summed E-state index contributed by atoms with van der Waals surface area (Å²) >= 11 is 3.74. The maximum Gasteiger partial charge on any atom is 0.229 e. The molecule has 0 N–H and O–H groups in total. The van der Waals surface area contributed by atoms with Gasteiger partial charge in [0.1, 0.15) is 0 Å². The van der Waals surface area contributed by atoms with E-state index in [0.717, 1.165) is 12.0 Å². The van der Waals surface area contributed by atoms with Gasteiger partial charge >= 0.3 is 0 Å². The summed E-state index contributed by atoms with van der Waals surface area (Å²) < 4.78 is 0. The summed E-state index contributed by atoms with van der Waals surface area (Å²) in [5.74, 6) is 0.162. The first-order valence-electron chi connectivity index (χ1n) is 7.07. The predicted molar refractivity (Wildman–Crippen MR) is 82.6 cm³/mol. The van der Waals surface area contributed by atoms with Gasteiger partial charge in [-0.3, -0.25) is 4.79 Å². The molecule has 0 aliphatic heterocycles. The first kappa shape index (κ1) is 14.6. The lowest BCUT2D eigenvalue weighted by Gasteiger charge is -2.36. The fourth-order valence-corrected chi connectivity index (χ4v) is 3.80. The van der Waals surface area contributed by atoms with Crippen LogP contribution in [0.5, 0.6) is 0 Å². The molecule has 1 fully saturated rings. The Labute approximate surface area is 124 Å². The molecule has 0 radical (unpaired) electrons. The molecule has 19 heavy (non-hydrogen) atoms. The molecule has 3 unspecified atom stereocenters. The molecule has 2 rings (SSSR count). The highest BCUT2D eigenvalue weighted by Gasteiger charge is 2.31. The predicted octanol–water partition coefficient (Wildman–Crippen LogP) is 3.95. The first-order valence-corrected chi connectivity index (χ1v) is 7.98. The number of nitrogens with zero attached hydrogens (tertiary/aromatic N) is 1. The molecule has 0 spiro atoms. The van der Waals surface area contributed by atoms with Crippen LogP contribution in [0.15, 0.2) is 30.3 Å². The summed E-state index contributed by atoms with van der Waals surface area (Å²) in [4.78, 5) is 15.0. The van der Waals surface area contributed by atoms with E-state index in [1.54, 1.807) is 0 Å². The van der Waals surface area contributed by atoms with Gasteiger partial charge < -0.3 is 4.90 Å². The Balaban J connectivity index is 2.06. The van der Waals surface area contributed by atoms with Gasteiger partial charge in [0.25, 0.3) is 0 Å².